The lowest BCUT2D eigenvalue weighted by molar-refractivity contribution is -0.166. The number of hydrogen-bond donors (Lipinski definition) is 0. The minimum Gasteiger partial charge on any atom is -0.376 e. The third-order valence-electron chi connectivity index (χ3n) is 6.33. The lowest BCUT2D eigenvalue weighted by Crippen LogP contribution is -2.50. The Hall–Kier alpha value is -0.900. The highest BCUT2D eigenvalue weighted by Gasteiger charge is 2.65. The Kier molecular flexibility index (Phi) is 4.11. The number of fused-ring (bicyclic) bond motifs is 2. The maximum atomic E-state index is 6.51. The van der Waals surface area contributed by atoms with Crippen molar-refractivity contribution in [1.82, 2.24) is 0 Å². The molecule has 0 unspecified atom stereocenters. The number of methoxy groups -OCH3 is 1. The van der Waals surface area contributed by atoms with Crippen LogP contribution >= 0.6 is 0 Å². The standard InChI is InChI=1S/C20H30O3/c1-14-8-7-9-15(2)16(14)13-22-17-12-20(18(3,4)21-6)11-10-19(17,5)23-20/h7-9,17H,10-13H2,1-6H3/t17-,19+,20-/m0/s1. The van der Waals surface area contributed by atoms with Crippen LogP contribution in [0.5, 0.6) is 0 Å². The van der Waals surface area contributed by atoms with Gasteiger partial charge in [-0.2, -0.15) is 0 Å². The molecule has 0 radical (unpaired) electrons. The van der Waals surface area contributed by atoms with E-state index in [4.69, 9.17) is 14.2 Å². The summed E-state index contributed by atoms with van der Waals surface area (Å²) in [7, 11) is 1.78. The van der Waals surface area contributed by atoms with E-state index in [1.165, 1.54) is 16.7 Å². The molecule has 3 atom stereocenters. The number of ether oxygens (including phenoxy) is 3. The third-order valence-corrected chi connectivity index (χ3v) is 6.33. The van der Waals surface area contributed by atoms with E-state index in [1.807, 2.05) is 0 Å². The van der Waals surface area contributed by atoms with Crippen molar-refractivity contribution in [1.29, 1.82) is 0 Å². The highest BCUT2D eigenvalue weighted by Crippen LogP contribution is 2.57. The summed E-state index contributed by atoms with van der Waals surface area (Å²) in [5, 5.41) is 0. The van der Waals surface area contributed by atoms with E-state index < -0.39 is 0 Å². The highest BCUT2D eigenvalue weighted by atomic mass is 16.6. The molecule has 2 bridgehead atoms. The van der Waals surface area contributed by atoms with Crippen molar-refractivity contribution in [3.63, 3.8) is 0 Å². The first-order valence-electron chi connectivity index (χ1n) is 8.65. The lowest BCUT2D eigenvalue weighted by atomic mass is 9.73. The first kappa shape index (κ1) is 16.9. The molecule has 2 aliphatic heterocycles. The van der Waals surface area contributed by atoms with Gasteiger partial charge in [0.05, 0.1) is 23.9 Å². The zero-order valence-electron chi connectivity index (χ0n) is 15.4. The highest BCUT2D eigenvalue weighted by molar-refractivity contribution is 5.32. The Labute approximate surface area is 140 Å². The fourth-order valence-electron chi connectivity index (χ4n) is 4.24. The second-order valence-electron chi connectivity index (χ2n) is 8.00. The molecule has 0 saturated carbocycles. The fraction of sp³-hybridized carbons (Fsp3) is 0.700. The van der Waals surface area contributed by atoms with Crippen molar-refractivity contribution in [2.75, 3.05) is 7.11 Å². The van der Waals surface area contributed by atoms with E-state index in [9.17, 15) is 0 Å². The molecule has 0 N–H and O–H groups in total. The minimum absolute atomic E-state index is 0.129. The molecule has 1 aromatic carbocycles. The molecule has 0 aromatic heterocycles. The average Bonchev–Trinajstić information content (AvgIpc) is 2.99. The SMILES string of the molecule is COC(C)(C)[C@@]12CC[C@@](C)(O1)[C@@H](OCc1c(C)cccc1C)C2. The minimum atomic E-state index is -0.290. The van der Waals surface area contributed by atoms with Crippen molar-refractivity contribution in [3.8, 4) is 0 Å². The topological polar surface area (TPSA) is 27.7 Å². The number of aryl methyl sites for hydroxylation is 2. The van der Waals surface area contributed by atoms with E-state index in [1.54, 1.807) is 7.11 Å². The normalized spacial score (nSPS) is 33.4. The molecule has 0 amide bonds. The molecular weight excluding hydrogens is 288 g/mol. The zero-order chi connectivity index (χ0) is 16.9. The van der Waals surface area contributed by atoms with Crippen LogP contribution in [0.15, 0.2) is 18.2 Å². The maximum Gasteiger partial charge on any atom is 0.100 e. The molecule has 0 spiro atoms. The monoisotopic (exact) mass is 318 g/mol. The van der Waals surface area contributed by atoms with Gasteiger partial charge in [0, 0.05) is 13.5 Å². The first-order valence-corrected chi connectivity index (χ1v) is 8.65. The molecule has 3 heteroatoms. The number of benzene rings is 1. The van der Waals surface area contributed by atoms with Crippen LogP contribution in [0.1, 0.15) is 56.7 Å². The average molecular weight is 318 g/mol. The van der Waals surface area contributed by atoms with Crippen molar-refractivity contribution >= 4 is 0 Å². The van der Waals surface area contributed by atoms with Gasteiger partial charge in [0.15, 0.2) is 0 Å². The molecule has 1 aromatic rings. The molecule has 3 nitrogen and oxygen atoms in total. The summed E-state index contributed by atoms with van der Waals surface area (Å²) in [6.45, 7) is 11.4. The molecule has 2 fully saturated rings. The fourth-order valence-corrected chi connectivity index (χ4v) is 4.24. The van der Waals surface area contributed by atoms with E-state index in [-0.39, 0.29) is 22.9 Å². The molecular formula is C20H30O3. The zero-order valence-corrected chi connectivity index (χ0v) is 15.4. The molecule has 2 saturated heterocycles. The first-order chi connectivity index (χ1) is 10.7. The Morgan fingerprint density at radius 3 is 2.48 bits per heavy atom. The summed E-state index contributed by atoms with van der Waals surface area (Å²) < 4.78 is 18.6. The Morgan fingerprint density at radius 2 is 1.87 bits per heavy atom. The summed E-state index contributed by atoms with van der Waals surface area (Å²) in [5.74, 6) is 0. The molecule has 23 heavy (non-hydrogen) atoms. The second-order valence-corrected chi connectivity index (χ2v) is 8.00. The van der Waals surface area contributed by atoms with Crippen LogP contribution < -0.4 is 0 Å². The van der Waals surface area contributed by atoms with Crippen LogP contribution in [-0.4, -0.2) is 30.0 Å². The van der Waals surface area contributed by atoms with Crippen LogP contribution in [0, 0.1) is 13.8 Å². The van der Waals surface area contributed by atoms with Gasteiger partial charge in [-0.3, -0.25) is 0 Å². The van der Waals surface area contributed by atoms with Gasteiger partial charge in [-0.1, -0.05) is 18.2 Å². The van der Waals surface area contributed by atoms with Crippen molar-refractivity contribution in [2.24, 2.45) is 0 Å². The van der Waals surface area contributed by atoms with Gasteiger partial charge >= 0.3 is 0 Å². The van der Waals surface area contributed by atoms with E-state index >= 15 is 0 Å². The van der Waals surface area contributed by atoms with Crippen LogP contribution in [0.4, 0.5) is 0 Å². The van der Waals surface area contributed by atoms with E-state index in [2.05, 4.69) is 52.8 Å². The Balaban J connectivity index is 1.76. The van der Waals surface area contributed by atoms with E-state index in [0.29, 0.717) is 6.61 Å². The quantitative estimate of drug-likeness (QED) is 0.809. The predicted molar refractivity (Wildman–Crippen MR) is 91.7 cm³/mol. The van der Waals surface area contributed by atoms with Crippen molar-refractivity contribution in [2.45, 2.75) is 83.4 Å². The number of rotatable bonds is 5. The summed E-state index contributed by atoms with van der Waals surface area (Å²) in [6, 6.07) is 6.41. The molecule has 3 rings (SSSR count). The predicted octanol–water partition coefficient (Wildman–Crippen LogP) is 4.33. The summed E-state index contributed by atoms with van der Waals surface area (Å²) in [6.07, 6.45) is 3.13. The Bertz CT molecular complexity index is 574. The number of hydrogen-bond acceptors (Lipinski definition) is 3. The Morgan fingerprint density at radius 1 is 1.22 bits per heavy atom. The van der Waals surface area contributed by atoms with Crippen molar-refractivity contribution in [3.05, 3.63) is 34.9 Å². The summed E-state index contributed by atoms with van der Waals surface area (Å²) >= 11 is 0. The van der Waals surface area contributed by atoms with Gasteiger partial charge < -0.3 is 14.2 Å². The van der Waals surface area contributed by atoms with Gasteiger partial charge in [0.2, 0.25) is 0 Å². The van der Waals surface area contributed by atoms with Crippen LogP contribution in [0.3, 0.4) is 0 Å². The van der Waals surface area contributed by atoms with E-state index in [0.717, 1.165) is 19.3 Å². The second kappa shape index (κ2) is 5.58. The van der Waals surface area contributed by atoms with Crippen LogP contribution in [0.2, 0.25) is 0 Å². The van der Waals surface area contributed by atoms with Gasteiger partial charge in [-0.05, 0) is 64.2 Å². The smallest absolute Gasteiger partial charge is 0.100 e. The van der Waals surface area contributed by atoms with Crippen molar-refractivity contribution < 1.29 is 14.2 Å². The largest absolute Gasteiger partial charge is 0.376 e. The molecule has 0 aliphatic carbocycles. The van der Waals surface area contributed by atoms with Crippen LogP contribution in [0.25, 0.3) is 0 Å². The molecule has 2 aliphatic rings. The van der Waals surface area contributed by atoms with Gasteiger partial charge in [-0.15, -0.1) is 0 Å². The molecule has 2 heterocycles. The maximum absolute atomic E-state index is 6.51. The lowest BCUT2D eigenvalue weighted by Gasteiger charge is -2.40. The van der Waals surface area contributed by atoms with Gasteiger partial charge in [0.25, 0.3) is 0 Å². The third kappa shape index (κ3) is 2.63. The molecule has 128 valence electrons. The summed E-state index contributed by atoms with van der Waals surface area (Å²) in [5.41, 5.74) is 3.20. The van der Waals surface area contributed by atoms with Crippen LogP contribution in [-0.2, 0) is 20.8 Å². The summed E-state index contributed by atoms with van der Waals surface area (Å²) in [4.78, 5) is 0. The van der Waals surface area contributed by atoms with Gasteiger partial charge in [-0.25, -0.2) is 0 Å². The van der Waals surface area contributed by atoms with Gasteiger partial charge in [0.1, 0.15) is 5.60 Å².